The van der Waals surface area contributed by atoms with Crippen molar-refractivity contribution >= 4 is 27.5 Å². The number of alkyl halides is 2. The van der Waals surface area contributed by atoms with E-state index in [1.54, 1.807) is 11.0 Å². The molecule has 0 aromatic heterocycles. The molecule has 0 saturated carbocycles. The Morgan fingerprint density at radius 2 is 1.90 bits per heavy atom. The molecule has 0 saturated heterocycles. The molecule has 1 atom stereocenters. The zero-order valence-electron chi connectivity index (χ0n) is 17.6. The van der Waals surface area contributed by atoms with Crippen molar-refractivity contribution in [1.82, 2.24) is 4.31 Å². The number of nitrogens with zero attached hydrogens (tertiary/aromatic N) is 2. The Morgan fingerprint density at radius 1 is 1.26 bits per heavy atom. The van der Waals surface area contributed by atoms with Gasteiger partial charge in [0.05, 0.1) is 12.8 Å². The molecule has 3 rings (SSSR count). The van der Waals surface area contributed by atoms with Crippen LogP contribution in [0.25, 0.3) is 6.08 Å². The van der Waals surface area contributed by atoms with E-state index in [1.807, 2.05) is 0 Å². The quantitative estimate of drug-likeness (QED) is 0.613. The number of rotatable bonds is 6. The molecule has 0 radical (unpaired) electrons. The van der Waals surface area contributed by atoms with Gasteiger partial charge in [-0.15, -0.1) is 0 Å². The van der Waals surface area contributed by atoms with Crippen LogP contribution in [0.4, 0.5) is 24.5 Å². The maximum atomic E-state index is 13.6. The van der Waals surface area contributed by atoms with Crippen molar-refractivity contribution in [3.63, 3.8) is 0 Å². The van der Waals surface area contributed by atoms with Crippen molar-refractivity contribution in [3.8, 4) is 5.75 Å². The number of hydrogen-bond donors (Lipinski definition) is 0. The molecule has 0 spiro atoms. The molecule has 1 heterocycles. The Bertz CT molecular complexity index is 1070. The first-order valence-corrected chi connectivity index (χ1v) is 11.2. The van der Waals surface area contributed by atoms with E-state index in [9.17, 15) is 21.6 Å². The lowest BCUT2D eigenvalue weighted by Crippen LogP contribution is -2.41. The summed E-state index contributed by atoms with van der Waals surface area (Å²) in [6.45, 7) is 4.68. The molecule has 31 heavy (non-hydrogen) atoms. The number of methoxy groups -OCH3 is 1. The summed E-state index contributed by atoms with van der Waals surface area (Å²) in [5.41, 5.74) is 1.46. The molecular formula is C22H25F3N2O3S. The number of ether oxygens (including phenoxy) is 1. The van der Waals surface area contributed by atoms with Gasteiger partial charge in [0, 0.05) is 43.4 Å². The number of hydrogen-bond acceptors (Lipinski definition) is 4. The zero-order chi connectivity index (χ0) is 23.0. The van der Waals surface area contributed by atoms with Crippen molar-refractivity contribution < 1.29 is 26.3 Å². The second kappa shape index (κ2) is 8.55. The fraction of sp³-hybridized carbons (Fsp3) is 0.364. The summed E-state index contributed by atoms with van der Waals surface area (Å²) in [7, 11) is -1.21. The van der Waals surface area contributed by atoms with Gasteiger partial charge in [-0.25, -0.2) is 21.6 Å². The Kier molecular flexibility index (Phi) is 6.38. The Labute approximate surface area is 180 Å². The molecule has 1 aliphatic rings. The molecule has 2 aromatic carbocycles. The molecule has 0 N–H and O–H groups in total. The summed E-state index contributed by atoms with van der Waals surface area (Å²) in [6, 6.07) is 7.90. The summed E-state index contributed by atoms with van der Waals surface area (Å²) in [5, 5.41) is 0. The van der Waals surface area contributed by atoms with Crippen molar-refractivity contribution in [2.24, 2.45) is 0 Å². The van der Waals surface area contributed by atoms with Crippen LogP contribution in [0.2, 0.25) is 0 Å². The number of halogens is 3. The summed E-state index contributed by atoms with van der Waals surface area (Å²) in [6.07, 6.45) is 1.03. The van der Waals surface area contributed by atoms with Crippen molar-refractivity contribution in [2.75, 3.05) is 25.6 Å². The van der Waals surface area contributed by atoms with E-state index in [2.05, 4.69) is 6.58 Å². The molecule has 168 valence electrons. The number of benzene rings is 2. The lowest BCUT2D eigenvalue weighted by atomic mass is 10.1. The molecule has 2 aromatic rings. The summed E-state index contributed by atoms with van der Waals surface area (Å²) < 4.78 is 74.0. The SMILES string of the molecule is C=Cc1cc2c(cc1OC)S(=O)(=O)N(C)[C@H](CCC(C)(F)F)CN2c1ccc(F)cc1. The third-order valence-electron chi connectivity index (χ3n) is 5.44. The Morgan fingerprint density at radius 3 is 2.45 bits per heavy atom. The van der Waals surface area contributed by atoms with E-state index in [4.69, 9.17) is 4.74 Å². The van der Waals surface area contributed by atoms with Crippen LogP contribution in [0.15, 0.2) is 47.9 Å². The molecule has 0 bridgehead atoms. The normalized spacial score (nSPS) is 18.9. The largest absolute Gasteiger partial charge is 0.496 e. The van der Waals surface area contributed by atoms with E-state index < -0.39 is 34.2 Å². The predicted octanol–water partition coefficient (Wildman–Crippen LogP) is 5.05. The first-order valence-electron chi connectivity index (χ1n) is 9.71. The van der Waals surface area contributed by atoms with E-state index in [1.165, 1.54) is 50.6 Å². The molecular weight excluding hydrogens is 429 g/mol. The maximum Gasteiger partial charge on any atom is 0.245 e. The molecule has 0 aliphatic carbocycles. The predicted molar refractivity (Wildman–Crippen MR) is 115 cm³/mol. The van der Waals surface area contributed by atoms with Crippen LogP contribution in [-0.2, 0) is 10.0 Å². The Hall–Kier alpha value is -2.52. The number of likely N-dealkylation sites (N-methyl/N-ethyl adjacent to an activating group) is 1. The fourth-order valence-electron chi connectivity index (χ4n) is 3.65. The minimum absolute atomic E-state index is 0.0208. The fourth-order valence-corrected chi connectivity index (χ4v) is 5.22. The highest BCUT2D eigenvalue weighted by Gasteiger charge is 2.38. The van der Waals surface area contributed by atoms with Gasteiger partial charge in [0.25, 0.3) is 0 Å². The van der Waals surface area contributed by atoms with Gasteiger partial charge in [0.1, 0.15) is 16.5 Å². The average Bonchev–Trinajstić information content (AvgIpc) is 2.79. The second-order valence-corrected chi connectivity index (χ2v) is 9.60. The standard InChI is InChI=1S/C22H25F3N2O3S/c1-5-15-12-19-21(13-20(15)30-4)31(28,29)26(3)18(10-11-22(2,24)25)14-27(19)17-8-6-16(23)7-9-17/h5-9,12-13,18H,1,10-11,14H2,2-4H3/t18-/m1/s1. The van der Waals surface area contributed by atoms with Crippen molar-refractivity contribution in [3.05, 3.63) is 54.4 Å². The van der Waals surface area contributed by atoms with Gasteiger partial charge in [0.2, 0.25) is 15.9 Å². The third kappa shape index (κ3) is 4.72. The van der Waals surface area contributed by atoms with Crippen LogP contribution >= 0.6 is 0 Å². The van der Waals surface area contributed by atoms with Crippen molar-refractivity contribution in [1.29, 1.82) is 0 Å². The smallest absolute Gasteiger partial charge is 0.245 e. The molecule has 5 nitrogen and oxygen atoms in total. The van der Waals surface area contributed by atoms with Gasteiger partial charge in [-0.1, -0.05) is 12.7 Å². The van der Waals surface area contributed by atoms with E-state index in [0.717, 1.165) is 11.2 Å². The number of fused-ring (bicyclic) bond motifs is 1. The average molecular weight is 455 g/mol. The lowest BCUT2D eigenvalue weighted by Gasteiger charge is -2.30. The van der Waals surface area contributed by atoms with Gasteiger partial charge in [0.15, 0.2) is 0 Å². The van der Waals surface area contributed by atoms with Gasteiger partial charge in [-0.05, 0) is 43.7 Å². The van der Waals surface area contributed by atoms with Gasteiger partial charge < -0.3 is 9.64 Å². The first-order chi connectivity index (χ1) is 14.5. The maximum absolute atomic E-state index is 13.6. The van der Waals surface area contributed by atoms with Crippen LogP contribution in [0.5, 0.6) is 5.75 Å². The highest BCUT2D eigenvalue weighted by Crippen LogP contribution is 2.41. The third-order valence-corrected chi connectivity index (χ3v) is 7.38. The van der Waals surface area contributed by atoms with Gasteiger partial charge >= 0.3 is 0 Å². The van der Waals surface area contributed by atoms with Gasteiger partial charge in [-0.2, -0.15) is 4.31 Å². The molecule has 0 amide bonds. The van der Waals surface area contributed by atoms with Crippen LogP contribution < -0.4 is 9.64 Å². The minimum atomic E-state index is -4.02. The summed E-state index contributed by atoms with van der Waals surface area (Å²) in [5.74, 6) is -3.04. The second-order valence-electron chi connectivity index (χ2n) is 7.64. The van der Waals surface area contributed by atoms with E-state index in [-0.39, 0.29) is 17.9 Å². The van der Waals surface area contributed by atoms with Crippen LogP contribution in [0.1, 0.15) is 25.3 Å². The van der Waals surface area contributed by atoms with E-state index in [0.29, 0.717) is 22.7 Å². The zero-order valence-corrected chi connectivity index (χ0v) is 18.4. The molecule has 1 aliphatic heterocycles. The molecule has 9 heteroatoms. The lowest BCUT2D eigenvalue weighted by molar-refractivity contribution is 0.00680. The number of sulfonamides is 1. The van der Waals surface area contributed by atoms with Crippen LogP contribution in [-0.4, -0.2) is 45.4 Å². The first kappa shape index (κ1) is 23.1. The highest BCUT2D eigenvalue weighted by molar-refractivity contribution is 7.89. The topological polar surface area (TPSA) is 49.9 Å². The molecule has 0 unspecified atom stereocenters. The van der Waals surface area contributed by atoms with Gasteiger partial charge in [-0.3, -0.25) is 0 Å². The van der Waals surface area contributed by atoms with E-state index >= 15 is 0 Å². The Balaban J connectivity index is 2.22. The number of anilines is 2. The monoisotopic (exact) mass is 454 g/mol. The van der Waals surface area contributed by atoms with Crippen LogP contribution in [0, 0.1) is 5.82 Å². The summed E-state index contributed by atoms with van der Waals surface area (Å²) >= 11 is 0. The molecule has 0 fully saturated rings. The summed E-state index contributed by atoms with van der Waals surface area (Å²) in [4.78, 5) is 1.69. The minimum Gasteiger partial charge on any atom is -0.496 e. The van der Waals surface area contributed by atoms with Crippen LogP contribution in [0.3, 0.4) is 0 Å². The van der Waals surface area contributed by atoms with Crippen molar-refractivity contribution in [2.45, 2.75) is 36.6 Å². The highest BCUT2D eigenvalue weighted by atomic mass is 32.2.